The van der Waals surface area contributed by atoms with E-state index in [1.165, 1.54) is 39.0 Å². The Balaban J connectivity index is 0.000000206. The Labute approximate surface area is 696 Å². The van der Waals surface area contributed by atoms with Gasteiger partial charge in [-0.2, -0.15) is 120 Å². The van der Waals surface area contributed by atoms with Crippen LogP contribution in [-0.4, -0.2) is 54.4 Å². The molecule has 1 N–H and O–H groups in total. The summed E-state index contributed by atoms with van der Waals surface area (Å²) < 4.78 is 329. The molecule has 0 aliphatic heterocycles. The SMILES string of the molecule is CC(F)(F)C(F)(F)C(F)(F)C(F)(F)F.CC1(C)C2C[CH-]C1(CS(=O)(=O)O)C(=O)C2.Cc1cc(C)cc([S+](c2cc(C)cc(C)c2)c2cc(C)cc(C(F)(F)F)c2)c1.Cc1ccc([S+](c2ccc(C(F)(F)F)cc2)c2cc(C)cc(C(F)(F)F)c2)cc1.O=C([O-])c1cc(C(F)(F)F)cc(C(F)(F)F)c1.c1ccc([S+](c2ccccc2)c2ccccc2)cc1. The zero-order chi connectivity index (χ0) is 91.9. The average Bonchev–Trinajstić information content (AvgIpc) is 1.55. The third kappa shape index (κ3) is 25.4. The molecule has 10 aromatic rings. The molecule has 0 saturated heterocycles. The number of Topliss-reactive ketones (excluding diaryl/α,β-unsaturated/α-hetero) is 1. The number of fused-ring (bicyclic) bond motifs is 2. The minimum atomic E-state index is -6.77. The van der Waals surface area contributed by atoms with Crippen LogP contribution in [0.4, 0.5) is 105 Å². The summed E-state index contributed by atoms with van der Waals surface area (Å²) >= 11 is 0. The highest BCUT2D eigenvalue weighted by molar-refractivity contribution is 7.97. The van der Waals surface area contributed by atoms with Crippen molar-refractivity contribution in [2.45, 2.75) is 181 Å². The van der Waals surface area contributed by atoms with Crippen molar-refractivity contribution >= 4 is 54.6 Å². The van der Waals surface area contributed by atoms with E-state index in [0.29, 0.717) is 32.2 Å². The van der Waals surface area contributed by atoms with Crippen LogP contribution in [0, 0.1) is 71.6 Å². The Kier molecular flexibility index (Phi) is 31.4. The molecule has 2 aliphatic carbocycles. The lowest BCUT2D eigenvalue weighted by atomic mass is 9.70. The maximum atomic E-state index is 13.5. The number of hydrogen-bond acceptors (Lipinski definition) is 5. The van der Waals surface area contributed by atoms with E-state index >= 15 is 0 Å². The molecular formula is C88H77F24O6S4+. The Morgan fingerprint density at radius 2 is 0.672 bits per heavy atom. The summed E-state index contributed by atoms with van der Waals surface area (Å²) in [6.07, 6.45) is -27.2. The number of aromatic carboxylic acids is 1. The molecule has 2 fully saturated rings. The number of carboxylic acids is 1. The molecule has 10 aromatic carbocycles. The second-order valence-corrected chi connectivity index (χ2v) is 36.7. The quantitative estimate of drug-likeness (QED) is 0.0502. The first-order valence-corrected chi connectivity index (χ1v) is 41.4. The van der Waals surface area contributed by atoms with Gasteiger partial charge in [0.1, 0.15) is 5.78 Å². The van der Waals surface area contributed by atoms with E-state index in [-0.39, 0.29) is 46.2 Å². The maximum Gasteiger partial charge on any atom is 0.460 e. The zero-order valence-electron chi connectivity index (χ0n) is 65.9. The molecule has 0 heterocycles. The topological polar surface area (TPSA) is 112 Å². The predicted molar refractivity (Wildman–Crippen MR) is 415 cm³/mol. The van der Waals surface area contributed by atoms with Crippen LogP contribution < -0.4 is 5.11 Å². The van der Waals surface area contributed by atoms with Crippen LogP contribution in [0.1, 0.15) is 111 Å². The van der Waals surface area contributed by atoms with E-state index in [4.69, 9.17) is 4.55 Å². The Morgan fingerprint density at radius 1 is 0.385 bits per heavy atom. The third-order valence-electron chi connectivity index (χ3n) is 19.1. The standard InChI is InChI=1S/C24H24F3S.C22H17F6S.C18H15S.C10H15O4S.C9H4F6O2.C5H3F9/c1-15-6-16(2)10-21(9-15)28(22-11-17(3)7-18(4)12-22)23-13-19(5)8-20(14-23)24(25,26)27;1-14-3-7-18(8-4-14)29(19-9-5-16(6-10-19)21(23,24)25)20-12-15(2)11-17(13-20)22(26,27)28;1-4-10-16(11-5-1)19(17-12-6-2-7-13-17)18-14-8-3-9-15-18;1-9(2)7-3-4-10(9,8(11)5-7)6-15(12,13)14;10-8(11,12)5-1-4(7(16)17)2-6(3-5)9(13,14)15;1-2(6,7)3(8,9)4(10,11)5(12,13)14/h6-14H,1-5H3;3-13H,1-2H3;1-15H;4,7H,3,5-6H2,1-2H3,(H,12,13,14);1-3H,(H,16,17);1H3/q3*+1;-1;;/p-1. The van der Waals surface area contributed by atoms with Gasteiger partial charge >= 0.3 is 54.8 Å². The van der Waals surface area contributed by atoms with Gasteiger partial charge in [0.25, 0.3) is 10.1 Å². The Morgan fingerprint density at radius 3 is 0.943 bits per heavy atom. The van der Waals surface area contributed by atoms with Crippen LogP contribution in [0.2, 0.25) is 0 Å². The number of alkyl halides is 24. The van der Waals surface area contributed by atoms with E-state index in [9.17, 15) is 128 Å². The smallest absolute Gasteiger partial charge is 0.460 e. The first-order valence-electron chi connectivity index (χ1n) is 36.1. The van der Waals surface area contributed by atoms with Gasteiger partial charge in [-0.25, -0.2) is 0 Å². The number of aryl methyl sites for hydroxylation is 7. The second kappa shape index (κ2) is 38.4. The number of carboxylic acid groups (broad SMARTS) is 1. The molecule has 3 unspecified atom stereocenters. The van der Waals surface area contributed by atoms with Crippen molar-refractivity contribution in [1.82, 2.24) is 0 Å². The van der Waals surface area contributed by atoms with Crippen molar-refractivity contribution in [3.63, 3.8) is 0 Å². The zero-order valence-corrected chi connectivity index (χ0v) is 69.2. The van der Waals surface area contributed by atoms with Crippen molar-refractivity contribution in [1.29, 1.82) is 0 Å². The molecular weight excluding hydrogens is 1740 g/mol. The number of halogens is 24. The number of carbonyl (C=O) groups excluding carboxylic acids is 2. The van der Waals surface area contributed by atoms with Crippen LogP contribution in [0.15, 0.2) is 275 Å². The van der Waals surface area contributed by atoms with Gasteiger partial charge < -0.3 is 21.1 Å². The fourth-order valence-corrected chi connectivity index (χ4v) is 21.2. The molecule has 6 nitrogen and oxygen atoms in total. The lowest BCUT2D eigenvalue weighted by Crippen LogP contribution is -2.59. The Hall–Kier alpha value is -9.38. The highest BCUT2D eigenvalue weighted by Crippen LogP contribution is 2.64. The second-order valence-electron chi connectivity index (χ2n) is 29.2. The minimum Gasteiger partial charge on any atom is -0.545 e. The summed E-state index contributed by atoms with van der Waals surface area (Å²) in [5.74, 6) is -21.1. The Bertz CT molecular complexity index is 5120. The molecule has 0 radical (unpaired) electrons. The van der Waals surface area contributed by atoms with Crippen LogP contribution in [0.3, 0.4) is 0 Å². The molecule has 34 heteroatoms. The lowest BCUT2D eigenvalue weighted by Gasteiger charge is -2.42. The number of benzene rings is 10. The van der Waals surface area contributed by atoms with E-state index in [2.05, 4.69) is 127 Å². The van der Waals surface area contributed by atoms with Crippen molar-refractivity contribution in [2.24, 2.45) is 16.7 Å². The van der Waals surface area contributed by atoms with Crippen LogP contribution in [-0.2, 0) is 78.5 Å². The highest BCUT2D eigenvalue weighted by atomic mass is 32.2. The van der Waals surface area contributed by atoms with Crippen molar-refractivity contribution in [3.05, 3.63) is 309 Å². The van der Waals surface area contributed by atoms with Gasteiger partial charge in [0.2, 0.25) is 0 Å². The summed E-state index contributed by atoms with van der Waals surface area (Å²) in [5.41, 5.74) is -1.53. The molecule has 0 aromatic heterocycles. The van der Waals surface area contributed by atoms with Gasteiger partial charge in [-0.15, -0.1) is 0 Å². The first kappa shape index (κ1) is 99.7. The monoisotopic (exact) mass is 1810 g/mol. The molecule has 2 aliphatic rings. The van der Waals surface area contributed by atoms with Crippen molar-refractivity contribution < 1.29 is 133 Å². The van der Waals surface area contributed by atoms with Crippen molar-refractivity contribution in [2.75, 3.05) is 5.75 Å². The van der Waals surface area contributed by atoms with E-state index < -0.39 is 144 Å². The number of rotatable bonds is 14. The van der Waals surface area contributed by atoms with Gasteiger partial charge in [0, 0.05) is 25.5 Å². The van der Waals surface area contributed by atoms with Gasteiger partial charge in [-0.3, -0.25) is 4.55 Å². The summed E-state index contributed by atoms with van der Waals surface area (Å²) in [7, 11) is -5.71. The lowest BCUT2D eigenvalue weighted by molar-refractivity contribution is -0.393. The summed E-state index contributed by atoms with van der Waals surface area (Å²) in [4.78, 5) is 30.7. The first-order chi connectivity index (χ1) is 55.9. The molecule has 0 amide bonds. The molecule has 12 rings (SSSR count). The summed E-state index contributed by atoms with van der Waals surface area (Å²) in [5, 5.41) is 10.3. The molecule has 2 saturated carbocycles. The molecule has 3 atom stereocenters. The van der Waals surface area contributed by atoms with Crippen LogP contribution in [0.5, 0.6) is 0 Å². The number of carbonyl (C=O) groups is 2. The maximum absolute atomic E-state index is 13.5. The normalized spacial score (nSPS) is 15.9. The average molecular weight is 1810 g/mol. The minimum absolute atomic E-state index is 0.0146. The third-order valence-corrected chi connectivity index (χ3v) is 26.5. The summed E-state index contributed by atoms with van der Waals surface area (Å²) in [6.45, 7) is 16.4. The van der Waals surface area contributed by atoms with E-state index in [1.54, 1.807) is 38.5 Å². The molecule has 656 valence electrons. The van der Waals surface area contributed by atoms with Gasteiger partial charge in [0.05, 0.1) is 72.2 Å². The number of hydrogen-bond donors (Lipinski definition) is 1. The van der Waals surface area contributed by atoms with Crippen LogP contribution >= 0.6 is 0 Å². The van der Waals surface area contributed by atoms with Crippen LogP contribution in [0.25, 0.3) is 0 Å². The molecule has 2 bridgehead atoms. The van der Waals surface area contributed by atoms with Gasteiger partial charge in [-0.1, -0.05) is 110 Å². The fourth-order valence-electron chi connectivity index (χ4n) is 13.1. The molecule has 0 spiro atoms. The fraction of sp³-hybridized carbons (Fsp3) is 0.284. The van der Waals surface area contributed by atoms with Gasteiger partial charge in [0.15, 0.2) is 44.1 Å². The highest BCUT2D eigenvalue weighted by Gasteiger charge is 2.80. The van der Waals surface area contributed by atoms with E-state index in [1.807, 2.05) is 66.7 Å². The largest absolute Gasteiger partial charge is 0.545 e. The van der Waals surface area contributed by atoms with Gasteiger partial charge in [-0.05, 0) is 232 Å². The summed E-state index contributed by atoms with van der Waals surface area (Å²) in [6, 6.07) is 64.7. The number of ketones is 1. The van der Waals surface area contributed by atoms with E-state index in [0.717, 1.165) is 73.2 Å². The predicted octanol–water partition coefficient (Wildman–Crippen LogP) is 26.2. The molecule has 122 heavy (non-hydrogen) atoms. The van der Waals surface area contributed by atoms with Crippen molar-refractivity contribution in [3.8, 4) is 0 Å².